The molecular formula is C26H18FN5O2Pt. The summed E-state index contributed by atoms with van der Waals surface area (Å²) in [6.45, 7) is 0. The maximum absolute atomic E-state index is 13.6. The summed E-state index contributed by atoms with van der Waals surface area (Å²) in [6.07, 6.45) is 3.62. The van der Waals surface area contributed by atoms with Crippen molar-refractivity contribution in [2.75, 3.05) is 0 Å². The summed E-state index contributed by atoms with van der Waals surface area (Å²) >= 11 is 0. The molecule has 0 atom stereocenters. The minimum atomic E-state index is -0.292. The Bertz CT molecular complexity index is 1550. The van der Waals surface area contributed by atoms with E-state index in [4.69, 9.17) is 9.47 Å². The summed E-state index contributed by atoms with van der Waals surface area (Å²) in [7, 11) is 3.66. The molecule has 0 saturated heterocycles. The normalized spacial score (nSPS) is 11.1. The first-order valence-electron chi connectivity index (χ1n) is 10.6. The molecule has 9 heteroatoms. The van der Waals surface area contributed by atoms with Gasteiger partial charge in [-0.15, -0.1) is 46.6 Å². The van der Waals surface area contributed by atoms with Crippen LogP contribution in [0.25, 0.3) is 27.5 Å². The fraction of sp³-hybridized carbons (Fsp3) is 0.0769. The van der Waals surface area contributed by atoms with Crippen molar-refractivity contribution in [2.45, 2.75) is 0 Å². The molecule has 0 saturated carbocycles. The number of aryl methyl sites for hydroxylation is 2. The maximum atomic E-state index is 13.6. The molecule has 0 radical (unpaired) electrons. The van der Waals surface area contributed by atoms with Gasteiger partial charge < -0.3 is 14.0 Å². The van der Waals surface area contributed by atoms with E-state index >= 15 is 0 Å². The van der Waals surface area contributed by atoms with Crippen LogP contribution in [0.2, 0.25) is 0 Å². The molecule has 3 aromatic carbocycles. The fourth-order valence-electron chi connectivity index (χ4n) is 3.93. The summed E-state index contributed by atoms with van der Waals surface area (Å²) < 4.78 is 30.8. The smallest absolute Gasteiger partial charge is 0.459 e. The number of halogens is 1. The van der Waals surface area contributed by atoms with Crippen molar-refractivity contribution in [3.63, 3.8) is 0 Å². The quantitative estimate of drug-likeness (QED) is 0.230. The third-order valence-electron chi connectivity index (χ3n) is 5.42. The minimum Gasteiger partial charge on any atom is -0.459 e. The number of rotatable bonds is 5. The number of aromatic nitrogens is 5. The van der Waals surface area contributed by atoms with Crippen molar-refractivity contribution in [3.05, 3.63) is 91.0 Å². The molecule has 6 aromatic rings. The number of hydrogen-bond donors (Lipinski definition) is 0. The van der Waals surface area contributed by atoms with E-state index in [-0.39, 0.29) is 26.9 Å². The van der Waals surface area contributed by atoms with Crippen molar-refractivity contribution in [1.29, 1.82) is 0 Å². The van der Waals surface area contributed by atoms with Crippen molar-refractivity contribution in [2.24, 2.45) is 14.1 Å². The molecule has 7 nitrogen and oxygen atoms in total. The van der Waals surface area contributed by atoms with Gasteiger partial charge in [-0.25, -0.2) is 4.39 Å². The predicted molar refractivity (Wildman–Crippen MR) is 125 cm³/mol. The Morgan fingerprint density at radius 1 is 0.686 bits per heavy atom. The Hall–Kier alpha value is -3.90. The third-order valence-corrected chi connectivity index (χ3v) is 5.42. The van der Waals surface area contributed by atoms with Gasteiger partial charge in [-0.3, -0.25) is 9.36 Å². The van der Waals surface area contributed by atoms with Crippen LogP contribution in [0.5, 0.6) is 23.3 Å². The molecule has 0 spiro atoms. The van der Waals surface area contributed by atoms with Gasteiger partial charge in [0.05, 0.1) is 0 Å². The van der Waals surface area contributed by atoms with E-state index < -0.39 is 0 Å². The fourth-order valence-corrected chi connectivity index (χ4v) is 3.93. The molecule has 0 aliphatic carbocycles. The standard InChI is InChI=1S/C26H18FN5O2.Pt/c1-30-13-11-25(28-30)33-19-7-9-23-21(15-19)22-16-20(34-26-12-14-31(2)29-26)8-10-24(22)32(23)18-5-3-17(27)4-6-18;/h3-14H,1-2H3;/q-2;+2. The van der Waals surface area contributed by atoms with Gasteiger partial charge in [-0.1, -0.05) is 11.0 Å². The van der Waals surface area contributed by atoms with Gasteiger partial charge >= 0.3 is 21.1 Å². The molecule has 0 aliphatic heterocycles. The van der Waals surface area contributed by atoms with E-state index in [1.165, 1.54) is 12.1 Å². The van der Waals surface area contributed by atoms with Crippen LogP contribution in [-0.2, 0) is 35.2 Å². The van der Waals surface area contributed by atoms with Crippen LogP contribution in [0, 0.1) is 17.9 Å². The summed E-state index contributed by atoms with van der Waals surface area (Å²) in [4.78, 5) is 0. The van der Waals surface area contributed by atoms with Crippen LogP contribution in [0.4, 0.5) is 4.39 Å². The predicted octanol–water partition coefficient (Wildman–Crippen LogP) is 5.57. The summed E-state index contributed by atoms with van der Waals surface area (Å²) in [5.41, 5.74) is 2.57. The van der Waals surface area contributed by atoms with Crippen LogP contribution in [0.3, 0.4) is 0 Å². The molecule has 3 heterocycles. The number of fused-ring (bicyclic) bond motifs is 3. The third kappa shape index (κ3) is 4.33. The summed E-state index contributed by atoms with van der Waals surface area (Å²) in [5.74, 6) is 1.70. The number of nitrogens with zero attached hydrogens (tertiary/aromatic N) is 5. The average molecular weight is 647 g/mol. The van der Waals surface area contributed by atoms with Gasteiger partial charge in [-0.2, -0.15) is 10.8 Å². The van der Waals surface area contributed by atoms with E-state index in [2.05, 4.69) is 22.3 Å². The largest absolute Gasteiger partial charge is 2.00 e. The molecule has 6 rings (SSSR count). The van der Waals surface area contributed by atoms with E-state index in [9.17, 15) is 4.39 Å². The Kier molecular flexibility index (Phi) is 5.91. The molecule has 0 amide bonds. The first-order chi connectivity index (χ1) is 16.5. The van der Waals surface area contributed by atoms with Crippen molar-refractivity contribution in [3.8, 4) is 28.9 Å². The average Bonchev–Trinajstić information content (AvgIpc) is 3.51. The zero-order valence-corrected chi connectivity index (χ0v) is 20.9. The maximum Gasteiger partial charge on any atom is 2.00 e. The molecule has 176 valence electrons. The van der Waals surface area contributed by atoms with Gasteiger partial charge in [0.25, 0.3) is 0 Å². The van der Waals surface area contributed by atoms with Crippen LogP contribution >= 0.6 is 0 Å². The zero-order valence-electron chi connectivity index (χ0n) is 18.7. The van der Waals surface area contributed by atoms with Crippen LogP contribution in [0.1, 0.15) is 0 Å². The van der Waals surface area contributed by atoms with Gasteiger partial charge in [0.15, 0.2) is 0 Å². The minimum absolute atomic E-state index is 0. The Balaban J connectivity index is 0.00000253. The first kappa shape index (κ1) is 22.9. The summed E-state index contributed by atoms with van der Waals surface area (Å²) in [5, 5.41) is 10.1. The molecule has 35 heavy (non-hydrogen) atoms. The second kappa shape index (κ2) is 9.04. The number of ether oxygens (including phenoxy) is 2. The second-order valence-corrected chi connectivity index (χ2v) is 7.84. The van der Waals surface area contributed by atoms with E-state index in [0.717, 1.165) is 27.5 Å². The topological polar surface area (TPSA) is 59.0 Å². The molecule has 0 unspecified atom stereocenters. The van der Waals surface area contributed by atoms with Crippen LogP contribution < -0.4 is 9.47 Å². The van der Waals surface area contributed by atoms with Gasteiger partial charge in [0.1, 0.15) is 5.82 Å². The van der Waals surface area contributed by atoms with Gasteiger partial charge in [0.2, 0.25) is 11.8 Å². The number of benzene rings is 3. The number of hydrogen-bond acceptors (Lipinski definition) is 4. The molecule has 0 N–H and O–H groups in total. The van der Waals surface area contributed by atoms with Crippen molar-refractivity contribution in [1.82, 2.24) is 24.1 Å². The molecule has 0 fully saturated rings. The molecular weight excluding hydrogens is 628 g/mol. The van der Waals surface area contributed by atoms with Crippen LogP contribution in [0.15, 0.2) is 73.1 Å². The zero-order chi connectivity index (χ0) is 23.2. The SMILES string of the molecule is Cn1ccc(Oc2[c-]c3c4[c-]c(Oc5ccn(C)n5)ccc4n(-c4ccc(F)cc4)c3cc2)n1.[Pt+2]. The molecule has 3 aromatic heterocycles. The Labute approximate surface area is 214 Å². The van der Waals surface area contributed by atoms with Gasteiger partial charge in [-0.05, 0) is 24.3 Å². The first-order valence-corrected chi connectivity index (χ1v) is 10.6. The second-order valence-electron chi connectivity index (χ2n) is 7.84. The van der Waals surface area contributed by atoms with E-state index in [1.807, 2.05) is 55.3 Å². The molecule has 0 bridgehead atoms. The molecule has 0 aliphatic rings. The van der Waals surface area contributed by atoms with Crippen LogP contribution in [-0.4, -0.2) is 24.1 Å². The van der Waals surface area contributed by atoms with Gasteiger partial charge in [0, 0.05) is 55.8 Å². The monoisotopic (exact) mass is 646 g/mol. The van der Waals surface area contributed by atoms with Crippen molar-refractivity contribution >= 4 is 21.8 Å². The Morgan fingerprint density at radius 3 is 1.60 bits per heavy atom. The van der Waals surface area contributed by atoms with Crippen molar-refractivity contribution < 1.29 is 34.9 Å². The van der Waals surface area contributed by atoms with E-state index in [1.54, 1.807) is 33.6 Å². The van der Waals surface area contributed by atoms with E-state index in [0.29, 0.717) is 23.3 Å². The summed E-state index contributed by atoms with van der Waals surface area (Å²) in [6, 6.07) is 24.2. The Morgan fingerprint density at radius 2 is 1.17 bits per heavy atom.